The van der Waals surface area contributed by atoms with Crippen molar-refractivity contribution >= 4 is 15.9 Å². The van der Waals surface area contributed by atoms with E-state index in [2.05, 4.69) is 52.0 Å². The van der Waals surface area contributed by atoms with Gasteiger partial charge in [0.25, 0.3) is 0 Å². The van der Waals surface area contributed by atoms with Crippen molar-refractivity contribution in [1.29, 1.82) is 0 Å². The van der Waals surface area contributed by atoms with Gasteiger partial charge in [0.15, 0.2) is 0 Å². The number of benzene rings is 1. The Labute approximate surface area is 119 Å². The second-order valence-corrected chi connectivity index (χ2v) is 6.06. The first-order valence-electron chi connectivity index (χ1n) is 6.94. The van der Waals surface area contributed by atoms with Crippen LogP contribution in [0.15, 0.2) is 28.7 Å². The molecule has 0 bridgehead atoms. The standard InChI is InChI=1S/C15H23BrN2/c1-12-7-3-2-6-10-18(12)15(11-17)13-8-4-5-9-14(13)16/h4-5,8-9,12,15H,2-3,6-7,10-11,17H2,1H3. The number of rotatable bonds is 3. The molecule has 2 rings (SSSR count). The summed E-state index contributed by atoms with van der Waals surface area (Å²) in [7, 11) is 0. The van der Waals surface area contributed by atoms with Crippen LogP contribution in [0, 0.1) is 0 Å². The molecule has 0 aliphatic carbocycles. The topological polar surface area (TPSA) is 29.3 Å². The maximum atomic E-state index is 6.06. The third kappa shape index (κ3) is 3.14. The van der Waals surface area contributed by atoms with Gasteiger partial charge in [-0.25, -0.2) is 0 Å². The highest BCUT2D eigenvalue weighted by Crippen LogP contribution is 2.31. The summed E-state index contributed by atoms with van der Waals surface area (Å²) in [5.74, 6) is 0. The Hall–Kier alpha value is -0.380. The molecule has 18 heavy (non-hydrogen) atoms. The number of nitrogens with two attached hydrogens (primary N) is 1. The second-order valence-electron chi connectivity index (χ2n) is 5.21. The fourth-order valence-corrected chi connectivity index (χ4v) is 3.50. The van der Waals surface area contributed by atoms with Crippen LogP contribution in [0.1, 0.15) is 44.2 Å². The van der Waals surface area contributed by atoms with E-state index in [1.165, 1.54) is 42.3 Å². The van der Waals surface area contributed by atoms with Crippen molar-refractivity contribution in [2.75, 3.05) is 13.1 Å². The van der Waals surface area contributed by atoms with Crippen LogP contribution in [0.5, 0.6) is 0 Å². The van der Waals surface area contributed by atoms with Gasteiger partial charge in [0.2, 0.25) is 0 Å². The molecule has 1 aromatic carbocycles. The van der Waals surface area contributed by atoms with Crippen molar-refractivity contribution in [2.24, 2.45) is 5.73 Å². The molecule has 1 fully saturated rings. The summed E-state index contributed by atoms with van der Waals surface area (Å²) in [6, 6.07) is 9.44. The largest absolute Gasteiger partial charge is 0.329 e. The summed E-state index contributed by atoms with van der Waals surface area (Å²) in [6.45, 7) is 4.20. The lowest BCUT2D eigenvalue weighted by atomic mass is 10.0. The summed E-state index contributed by atoms with van der Waals surface area (Å²) < 4.78 is 1.18. The molecule has 100 valence electrons. The van der Waals surface area contributed by atoms with Gasteiger partial charge in [-0.3, -0.25) is 4.90 Å². The Morgan fingerprint density at radius 3 is 2.83 bits per heavy atom. The molecule has 0 aromatic heterocycles. The number of likely N-dealkylation sites (tertiary alicyclic amines) is 1. The predicted molar refractivity (Wildman–Crippen MR) is 80.6 cm³/mol. The first-order chi connectivity index (χ1) is 8.74. The predicted octanol–water partition coefficient (Wildman–Crippen LogP) is 3.71. The van der Waals surface area contributed by atoms with Gasteiger partial charge in [0.1, 0.15) is 0 Å². The summed E-state index contributed by atoms with van der Waals surface area (Å²) >= 11 is 3.66. The minimum atomic E-state index is 0.341. The molecule has 1 saturated heterocycles. The molecule has 2 N–H and O–H groups in total. The zero-order valence-electron chi connectivity index (χ0n) is 11.1. The molecule has 0 spiro atoms. The van der Waals surface area contributed by atoms with Crippen molar-refractivity contribution in [3.05, 3.63) is 34.3 Å². The Balaban J connectivity index is 2.24. The summed E-state index contributed by atoms with van der Waals surface area (Å²) in [5.41, 5.74) is 7.38. The lowest BCUT2D eigenvalue weighted by Gasteiger charge is -2.35. The maximum Gasteiger partial charge on any atom is 0.0484 e. The third-order valence-electron chi connectivity index (χ3n) is 3.99. The van der Waals surface area contributed by atoms with Crippen LogP contribution in [0.3, 0.4) is 0 Å². The fourth-order valence-electron chi connectivity index (χ4n) is 2.95. The highest BCUT2D eigenvalue weighted by molar-refractivity contribution is 9.10. The lowest BCUT2D eigenvalue weighted by molar-refractivity contribution is 0.150. The van der Waals surface area contributed by atoms with Crippen LogP contribution in [0.2, 0.25) is 0 Å². The number of nitrogens with zero attached hydrogens (tertiary/aromatic N) is 1. The third-order valence-corrected chi connectivity index (χ3v) is 4.71. The van der Waals surface area contributed by atoms with Crippen molar-refractivity contribution < 1.29 is 0 Å². The Kier molecular flexibility index (Phi) is 5.22. The van der Waals surface area contributed by atoms with Crippen molar-refractivity contribution in [1.82, 2.24) is 4.90 Å². The molecule has 2 unspecified atom stereocenters. The Bertz CT molecular complexity index is 381. The minimum Gasteiger partial charge on any atom is -0.329 e. The lowest BCUT2D eigenvalue weighted by Crippen LogP contribution is -2.39. The average Bonchev–Trinajstić information content (AvgIpc) is 2.58. The van der Waals surface area contributed by atoms with Gasteiger partial charge in [-0.2, -0.15) is 0 Å². The Morgan fingerprint density at radius 1 is 1.33 bits per heavy atom. The zero-order chi connectivity index (χ0) is 13.0. The van der Waals surface area contributed by atoms with E-state index >= 15 is 0 Å². The van der Waals surface area contributed by atoms with Gasteiger partial charge in [-0.1, -0.05) is 47.0 Å². The van der Waals surface area contributed by atoms with E-state index < -0.39 is 0 Å². The minimum absolute atomic E-state index is 0.341. The van der Waals surface area contributed by atoms with Crippen molar-refractivity contribution in [3.8, 4) is 0 Å². The highest BCUT2D eigenvalue weighted by atomic mass is 79.9. The average molecular weight is 311 g/mol. The van der Waals surface area contributed by atoms with Crippen LogP contribution >= 0.6 is 15.9 Å². The van der Waals surface area contributed by atoms with E-state index in [4.69, 9.17) is 5.73 Å². The molecule has 0 saturated carbocycles. The van der Waals surface area contributed by atoms with E-state index in [-0.39, 0.29) is 0 Å². The highest BCUT2D eigenvalue weighted by Gasteiger charge is 2.26. The molecule has 2 atom stereocenters. The molecule has 3 heteroatoms. The molecule has 1 heterocycles. The first-order valence-corrected chi connectivity index (χ1v) is 7.73. The van der Waals surface area contributed by atoms with Crippen LogP contribution < -0.4 is 5.73 Å². The van der Waals surface area contributed by atoms with Crippen LogP contribution in [-0.2, 0) is 0 Å². The number of hydrogen-bond donors (Lipinski definition) is 1. The molecule has 1 aromatic rings. The molecule has 1 aliphatic rings. The molecule has 2 nitrogen and oxygen atoms in total. The van der Waals surface area contributed by atoms with Gasteiger partial charge < -0.3 is 5.73 Å². The summed E-state index contributed by atoms with van der Waals surface area (Å²) in [5, 5.41) is 0. The number of hydrogen-bond acceptors (Lipinski definition) is 2. The number of halogens is 1. The fraction of sp³-hybridized carbons (Fsp3) is 0.600. The van der Waals surface area contributed by atoms with Gasteiger partial charge in [0.05, 0.1) is 0 Å². The van der Waals surface area contributed by atoms with E-state index in [1.807, 2.05) is 0 Å². The normalized spacial score (nSPS) is 23.6. The van der Waals surface area contributed by atoms with E-state index in [0.717, 1.165) is 0 Å². The maximum absolute atomic E-state index is 6.06. The summed E-state index contributed by atoms with van der Waals surface area (Å²) in [6.07, 6.45) is 5.30. The van der Waals surface area contributed by atoms with Crippen LogP contribution in [-0.4, -0.2) is 24.0 Å². The van der Waals surface area contributed by atoms with Gasteiger partial charge in [-0.05, 0) is 37.9 Å². The first kappa shape index (κ1) is 14.0. The molecule has 1 aliphatic heterocycles. The molecular formula is C15H23BrN2. The molecular weight excluding hydrogens is 288 g/mol. The quantitative estimate of drug-likeness (QED) is 0.922. The van der Waals surface area contributed by atoms with Crippen molar-refractivity contribution in [2.45, 2.75) is 44.7 Å². The van der Waals surface area contributed by atoms with Gasteiger partial charge in [-0.15, -0.1) is 0 Å². The Morgan fingerprint density at radius 2 is 2.11 bits per heavy atom. The van der Waals surface area contributed by atoms with Crippen LogP contribution in [0.4, 0.5) is 0 Å². The SMILES string of the molecule is CC1CCCCCN1C(CN)c1ccccc1Br. The zero-order valence-corrected chi connectivity index (χ0v) is 12.7. The van der Waals surface area contributed by atoms with E-state index in [9.17, 15) is 0 Å². The smallest absolute Gasteiger partial charge is 0.0484 e. The second kappa shape index (κ2) is 6.69. The van der Waals surface area contributed by atoms with Gasteiger partial charge in [0, 0.05) is 23.1 Å². The molecule has 0 amide bonds. The van der Waals surface area contributed by atoms with Gasteiger partial charge >= 0.3 is 0 Å². The summed E-state index contributed by atoms with van der Waals surface area (Å²) in [4.78, 5) is 2.59. The van der Waals surface area contributed by atoms with Crippen molar-refractivity contribution in [3.63, 3.8) is 0 Å². The van der Waals surface area contributed by atoms with E-state index in [0.29, 0.717) is 18.6 Å². The van der Waals surface area contributed by atoms with Crippen LogP contribution in [0.25, 0.3) is 0 Å². The molecule has 0 radical (unpaired) electrons. The monoisotopic (exact) mass is 310 g/mol. The van der Waals surface area contributed by atoms with E-state index in [1.54, 1.807) is 0 Å².